The van der Waals surface area contributed by atoms with Crippen LogP contribution in [-0.2, 0) is 12.8 Å². The minimum atomic E-state index is 1.12. The van der Waals surface area contributed by atoms with Gasteiger partial charge in [-0.15, -0.1) is 11.3 Å². The number of pyridine rings is 1. The quantitative estimate of drug-likeness (QED) is 0.333. The molecular weight excluding hydrogens is 322 g/mol. The van der Waals surface area contributed by atoms with Crippen molar-refractivity contribution in [2.24, 2.45) is 0 Å². The van der Waals surface area contributed by atoms with E-state index in [9.17, 15) is 0 Å². The summed E-state index contributed by atoms with van der Waals surface area (Å²) in [6.07, 6.45) is 17.9. The molecule has 2 aromatic heterocycles. The Labute approximate surface area is 158 Å². The van der Waals surface area contributed by atoms with Crippen LogP contribution in [-0.4, -0.2) is 4.98 Å². The maximum absolute atomic E-state index is 4.68. The Morgan fingerprint density at radius 1 is 0.720 bits per heavy atom. The molecule has 0 aliphatic rings. The van der Waals surface area contributed by atoms with E-state index >= 15 is 0 Å². The Hall–Kier alpha value is -1.15. The lowest BCUT2D eigenvalue weighted by molar-refractivity contribution is 0.628. The summed E-state index contributed by atoms with van der Waals surface area (Å²) in [5, 5.41) is 0. The van der Waals surface area contributed by atoms with E-state index in [1.54, 1.807) is 0 Å². The van der Waals surface area contributed by atoms with Gasteiger partial charge in [-0.3, -0.25) is 4.98 Å². The van der Waals surface area contributed by atoms with Crippen molar-refractivity contribution in [3.63, 3.8) is 0 Å². The summed E-state index contributed by atoms with van der Waals surface area (Å²) in [6.45, 7) is 4.54. The molecule has 0 saturated carbocycles. The second-order valence-corrected chi connectivity index (χ2v) is 8.30. The summed E-state index contributed by atoms with van der Waals surface area (Å²) >= 11 is 1.94. The molecule has 0 fully saturated rings. The molecule has 0 atom stereocenters. The molecule has 2 rings (SSSR count). The zero-order chi connectivity index (χ0) is 17.7. The average molecular weight is 358 g/mol. The van der Waals surface area contributed by atoms with Crippen molar-refractivity contribution in [1.82, 2.24) is 4.98 Å². The Morgan fingerprint density at radius 3 is 2.04 bits per heavy atom. The Kier molecular flexibility index (Phi) is 9.88. The van der Waals surface area contributed by atoms with Gasteiger partial charge in [-0.05, 0) is 43.9 Å². The van der Waals surface area contributed by atoms with Crippen molar-refractivity contribution in [3.05, 3.63) is 41.0 Å². The highest BCUT2D eigenvalue weighted by atomic mass is 32.1. The molecular formula is C23H35NS. The first-order valence-corrected chi connectivity index (χ1v) is 11.2. The first-order chi connectivity index (χ1) is 12.3. The maximum atomic E-state index is 4.68. The van der Waals surface area contributed by atoms with E-state index in [4.69, 9.17) is 0 Å². The van der Waals surface area contributed by atoms with E-state index in [0.29, 0.717) is 0 Å². The molecule has 0 saturated heterocycles. The molecule has 0 aliphatic heterocycles. The molecule has 25 heavy (non-hydrogen) atoms. The van der Waals surface area contributed by atoms with Gasteiger partial charge in [-0.25, -0.2) is 0 Å². The SMILES string of the molecule is CCCCCCCc1ccc(-c2ccc(CCCCCCC)s2)cn1. The molecule has 0 N–H and O–H groups in total. The molecule has 138 valence electrons. The number of hydrogen-bond acceptors (Lipinski definition) is 2. The predicted molar refractivity (Wildman–Crippen MR) is 112 cm³/mol. The summed E-state index contributed by atoms with van der Waals surface area (Å²) in [6, 6.07) is 9.06. The van der Waals surface area contributed by atoms with Crippen LogP contribution in [0.15, 0.2) is 30.5 Å². The molecule has 0 amide bonds. The van der Waals surface area contributed by atoms with Gasteiger partial charge in [0.1, 0.15) is 0 Å². The van der Waals surface area contributed by atoms with Crippen LogP contribution in [0.5, 0.6) is 0 Å². The molecule has 2 heterocycles. The number of unbranched alkanes of at least 4 members (excludes halogenated alkanes) is 8. The van der Waals surface area contributed by atoms with Crippen LogP contribution in [0.25, 0.3) is 10.4 Å². The molecule has 2 aromatic rings. The average Bonchev–Trinajstić information content (AvgIpc) is 3.11. The van der Waals surface area contributed by atoms with Crippen LogP contribution in [0.3, 0.4) is 0 Å². The zero-order valence-corrected chi connectivity index (χ0v) is 17.0. The summed E-state index contributed by atoms with van der Waals surface area (Å²) in [5.74, 6) is 0. The second-order valence-electron chi connectivity index (χ2n) is 7.13. The summed E-state index contributed by atoms with van der Waals surface area (Å²) in [5.41, 5.74) is 2.52. The van der Waals surface area contributed by atoms with Gasteiger partial charge >= 0.3 is 0 Å². The molecule has 0 radical (unpaired) electrons. The van der Waals surface area contributed by atoms with E-state index in [-0.39, 0.29) is 0 Å². The first kappa shape index (κ1) is 20.2. The molecule has 0 spiro atoms. The third kappa shape index (κ3) is 7.73. The Morgan fingerprint density at radius 2 is 1.40 bits per heavy atom. The number of hydrogen-bond donors (Lipinski definition) is 0. The van der Waals surface area contributed by atoms with Crippen LogP contribution >= 0.6 is 11.3 Å². The fraction of sp³-hybridized carbons (Fsp3) is 0.609. The van der Waals surface area contributed by atoms with E-state index in [1.807, 2.05) is 11.3 Å². The summed E-state index contributed by atoms with van der Waals surface area (Å²) in [4.78, 5) is 7.57. The largest absolute Gasteiger partial charge is 0.261 e. The Balaban J connectivity index is 1.75. The van der Waals surface area contributed by atoms with Gasteiger partial charge < -0.3 is 0 Å². The number of thiophene rings is 1. The highest BCUT2D eigenvalue weighted by molar-refractivity contribution is 7.15. The smallest absolute Gasteiger partial charge is 0.0404 e. The molecule has 0 unspecified atom stereocenters. The van der Waals surface area contributed by atoms with Crippen LogP contribution in [0.2, 0.25) is 0 Å². The van der Waals surface area contributed by atoms with E-state index in [0.717, 1.165) is 6.42 Å². The van der Waals surface area contributed by atoms with E-state index in [1.165, 1.54) is 91.6 Å². The number of aromatic nitrogens is 1. The topological polar surface area (TPSA) is 12.9 Å². The summed E-state index contributed by atoms with van der Waals surface area (Å²) < 4.78 is 0. The van der Waals surface area contributed by atoms with Gasteiger partial charge in [0.15, 0.2) is 0 Å². The van der Waals surface area contributed by atoms with Crippen molar-refractivity contribution >= 4 is 11.3 Å². The Bertz CT molecular complexity index is 570. The van der Waals surface area contributed by atoms with Crippen LogP contribution in [0.4, 0.5) is 0 Å². The third-order valence-electron chi connectivity index (χ3n) is 4.83. The first-order valence-electron chi connectivity index (χ1n) is 10.4. The minimum absolute atomic E-state index is 1.12. The van der Waals surface area contributed by atoms with Crippen molar-refractivity contribution in [3.8, 4) is 10.4 Å². The van der Waals surface area contributed by atoms with E-state index < -0.39 is 0 Å². The van der Waals surface area contributed by atoms with Gasteiger partial charge in [-0.2, -0.15) is 0 Å². The molecule has 0 aromatic carbocycles. The lowest BCUT2D eigenvalue weighted by Crippen LogP contribution is -1.90. The number of rotatable bonds is 13. The zero-order valence-electron chi connectivity index (χ0n) is 16.2. The van der Waals surface area contributed by atoms with Crippen LogP contribution < -0.4 is 0 Å². The van der Waals surface area contributed by atoms with Crippen LogP contribution in [0.1, 0.15) is 88.6 Å². The fourth-order valence-corrected chi connectivity index (χ4v) is 4.24. The molecule has 1 nitrogen and oxygen atoms in total. The lowest BCUT2D eigenvalue weighted by atomic mass is 10.1. The highest BCUT2D eigenvalue weighted by Crippen LogP contribution is 2.29. The lowest BCUT2D eigenvalue weighted by Gasteiger charge is -2.03. The predicted octanol–water partition coefficient (Wildman–Crippen LogP) is 7.84. The monoisotopic (exact) mass is 357 g/mol. The second kappa shape index (κ2) is 12.2. The van der Waals surface area contributed by atoms with Gasteiger partial charge in [0.05, 0.1) is 0 Å². The standard InChI is InChI=1S/C23H35NS/c1-3-5-7-9-11-13-21-16-15-20(19-24-21)23-18-17-22(25-23)14-12-10-8-6-4-2/h15-19H,3-14H2,1-2H3. The van der Waals surface area contributed by atoms with E-state index in [2.05, 4.69) is 49.3 Å². The van der Waals surface area contributed by atoms with Gasteiger partial charge in [-0.1, -0.05) is 71.3 Å². The van der Waals surface area contributed by atoms with Crippen molar-refractivity contribution in [2.75, 3.05) is 0 Å². The molecule has 0 bridgehead atoms. The third-order valence-corrected chi connectivity index (χ3v) is 6.03. The highest BCUT2D eigenvalue weighted by Gasteiger charge is 2.04. The number of aryl methyl sites for hydroxylation is 2. The van der Waals surface area contributed by atoms with Gasteiger partial charge in [0.25, 0.3) is 0 Å². The number of nitrogens with zero attached hydrogens (tertiary/aromatic N) is 1. The summed E-state index contributed by atoms with van der Waals surface area (Å²) in [7, 11) is 0. The van der Waals surface area contributed by atoms with Crippen molar-refractivity contribution in [2.45, 2.75) is 90.9 Å². The molecule has 0 aliphatic carbocycles. The fourth-order valence-electron chi connectivity index (χ4n) is 3.20. The van der Waals surface area contributed by atoms with Crippen molar-refractivity contribution in [1.29, 1.82) is 0 Å². The normalized spacial score (nSPS) is 11.1. The van der Waals surface area contributed by atoms with Crippen molar-refractivity contribution < 1.29 is 0 Å². The minimum Gasteiger partial charge on any atom is -0.261 e. The van der Waals surface area contributed by atoms with Gasteiger partial charge in [0.2, 0.25) is 0 Å². The maximum Gasteiger partial charge on any atom is 0.0404 e. The van der Waals surface area contributed by atoms with Crippen LogP contribution in [0, 0.1) is 0 Å². The van der Waals surface area contributed by atoms with Gasteiger partial charge in [0, 0.05) is 27.2 Å². The molecule has 2 heteroatoms.